The first-order chi connectivity index (χ1) is 14.3. The van der Waals surface area contributed by atoms with Crippen molar-refractivity contribution in [2.45, 2.75) is 78.2 Å². The molecule has 0 bridgehead atoms. The lowest BCUT2D eigenvalue weighted by Gasteiger charge is -2.47. The minimum absolute atomic E-state index is 0.0167. The SMILES string of the molecule is Cc1nc(C)c(C(=O)N2CCCN(CC(C)C)C3(CCCCC3)CC(=O)NCC2)s1. The van der Waals surface area contributed by atoms with Crippen LogP contribution in [0.1, 0.15) is 79.2 Å². The average Bonchev–Trinajstić information content (AvgIpc) is 3.02. The second-order valence-corrected chi connectivity index (χ2v) is 10.6. The fraction of sp³-hybridized carbons (Fsp3) is 0.783. The number of aryl methyl sites for hydroxylation is 2. The van der Waals surface area contributed by atoms with Crippen molar-refractivity contribution in [3.8, 4) is 0 Å². The molecule has 0 aromatic carbocycles. The van der Waals surface area contributed by atoms with Gasteiger partial charge in [-0.2, -0.15) is 0 Å². The molecule has 0 atom stereocenters. The molecule has 0 unspecified atom stereocenters. The summed E-state index contributed by atoms with van der Waals surface area (Å²) in [5.74, 6) is 0.733. The third-order valence-electron chi connectivity index (χ3n) is 6.48. The first-order valence-electron chi connectivity index (χ1n) is 11.6. The highest BCUT2D eigenvalue weighted by Gasteiger charge is 2.40. The van der Waals surface area contributed by atoms with Gasteiger partial charge in [0.25, 0.3) is 5.91 Å². The lowest BCUT2D eigenvalue weighted by molar-refractivity contribution is -0.125. The highest BCUT2D eigenvalue weighted by atomic mass is 32.1. The fourth-order valence-corrected chi connectivity index (χ4v) is 6.00. The molecule has 168 valence electrons. The summed E-state index contributed by atoms with van der Waals surface area (Å²) >= 11 is 1.47. The summed E-state index contributed by atoms with van der Waals surface area (Å²) in [5.41, 5.74) is 0.792. The van der Waals surface area contributed by atoms with E-state index in [0.29, 0.717) is 25.4 Å². The molecule has 2 heterocycles. The van der Waals surface area contributed by atoms with Crippen LogP contribution >= 0.6 is 11.3 Å². The number of aromatic nitrogens is 1. The van der Waals surface area contributed by atoms with Crippen molar-refractivity contribution in [1.29, 1.82) is 0 Å². The maximum atomic E-state index is 13.2. The molecule has 30 heavy (non-hydrogen) atoms. The minimum Gasteiger partial charge on any atom is -0.354 e. The quantitative estimate of drug-likeness (QED) is 0.786. The summed E-state index contributed by atoms with van der Waals surface area (Å²) in [6, 6.07) is 0. The molecule has 0 radical (unpaired) electrons. The number of carbonyl (C=O) groups is 2. The maximum Gasteiger partial charge on any atom is 0.265 e. The van der Waals surface area contributed by atoms with Crippen molar-refractivity contribution >= 4 is 23.2 Å². The number of hydrogen-bond acceptors (Lipinski definition) is 5. The summed E-state index contributed by atoms with van der Waals surface area (Å²) in [6.07, 6.45) is 7.41. The first kappa shape index (κ1) is 23.2. The number of carbonyl (C=O) groups excluding carboxylic acids is 2. The summed E-state index contributed by atoms with van der Waals surface area (Å²) in [4.78, 5) is 35.7. The van der Waals surface area contributed by atoms with Gasteiger partial charge in [-0.15, -0.1) is 11.3 Å². The monoisotopic (exact) mass is 434 g/mol. The molecule has 7 heteroatoms. The highest BCUT2D eigenvalue weighted by Crippen LogP contribution is 2.37. The van der Waals surface area contributed by atoms with Crippen LogP contribution in [0.5, 0.6) is 0 Å². The van der Waals surface area contributed by atoms with Gasteiger partial charge in [-0.05, 0) is 39.0 Å². The van der Waals surface area contributed by atoms with Gasteiger partial charge in [-0.3, -0.25) is 14.5 Å². The van der Waals surface area contributed by atoms with Crippen LogP contribution in [0.25, 0.3) is 0 Å². The molecule has 3 rings (SSSR count). The van der Waals surface area contributed by atoms with Crippen LogP contribution in [0.4, 0.5) is 0 Å². The lowest BCUT2D eigenvalue weighted by atomic mass is 9.77. The van der Waals surface area contributed by atoms with Crippen molar-refractivity contribution in [3.05, 3.63) is 15.6 Å². The standard InChI is InChI=1S/C23H38N4O2S/c1-17(2)16-27-13-8-12-26(22(29)21-18(3)25-19(4)30-21)14-11-24-20(28)15-23(27)9-6-5-7-10-23/h17H,5-16H2,1-4H3,(H,24,28). The van der Waals surface area contributed by atoms with E-state index in [2.05, 4.69) is 29.0 Å². The summed E-state index contributed by atoms with van der Waals surface area (Å²) < 4.78 is 0. The first-order valence-corrected chi connectivity index (χ1v) is 12.4. The normalized spacial score (nSPS) is 21.5. The Kier molecular flexibility index (Phi) is 7.91. The van der Waals surface area contributed by atoms with Gasteiger partial charge in [-0.25, -0.2) is 4.98 Å². The molecule has 1 aliphatic heterocycles. The molecule has 1 saturated heterocycles. The van der Waals surface area contributed by atoms with E-state index >= 15 is 0 Å². The molecule has 1 aliphatic carbocycles. The van der Waals surface area contributed by atoms with E-state index in [0.717, 1.165) is 54.5 Å². The van der Waals surface area contributed by atoms with Crippen LogP contribution in [-0.4, -0.2) is 64.9 Å². The molecule has 2 fully saturated rings. The Morgan fingerprint density at radius 1 is 1.13 bits per heavy atom. The average molecular weight is 435 g/mol. The van der Waals surface area contributed by atoms with Crippen LogP contribution in [0.3, 0.4) is 0 Å². The number of rotatable bonds is 3. The molecule has 1 aromatic rings. The second kappa shape index (κ2) is 10.2. The van der Waals surface area contributed by atoms with Gasteiger partial charge in [0.05, 0.1) is 10.7 Å². The van der Waals surface area contributed by atoms with E-state index in [4.69, 9.17) is 0 Å². The Morgan fingerprint density at radius 3 is 2.50 bits per heavy atom. The molecule has 1 saturated carbocycles. The number of hydrogen-bond donors (Lipinski definition) is 1. The number of nitrogens with zero attached hydrogens (tertiary/aromatic N) is 3. The third kappa shape index (κ3) is 5.61. The Hall–Kier alpha value is -1.47. The molecule has 1 aromatic heterocycles. The van der Waals surface area contributed by atoms with Crippen molar-refractivity contribution in [1.82, 2.24) is 20.1 Å². The molecule has 6 nitrogen and oxygen atoms in total. The van der Waals surface area contributed by atoms with Crippen LogP contribution in [0, 0.1) is 19.8 Å². The van der Waals surface area contributed by atoms with E-state index in [1.807, 2.05) is 18.7 Å². The van der Waals surface area contributed by atoms with Crippen LogP contribution in [-0.2, 0) is 4.79 Å². The van der Waals surface area contributed by atoms with Crippen molar-refractivity contribution in [2.24, 2.45) is 5.92 Å². The summed E-state index contributed by atoms with van der Waals surface area (Å²) in [7, 11) is 0. The Bertz CT molecular complexity index is 740. The van der Waals surface area contributed by atoms with E-state index in [1.54, 1.807) is 0 Å². The van der Waals surface area contributed by atoms with Gasteiger partial charge in [0, 0.05) is 44.7 Å². The van der Waals surface area contributed by atoms with Crippen LogP contribution in [0.15, 0.2) is 0 Å². The van der Waals surface area contributed by atoms with Gasteiger partial charge in [-0.1, -0.05) is 33.1 Å². The molecular formula is C23H38N4O2S. The maximum absolute atomic E-state index is 13.2. The topological polar surface area (TPSA) is 65.5 Å². The Morgan fingerprint density at radius 2 is 1.87 bits per heavy atom. The van der Waals surface area contributed by atoms with Gasteiger partial charge < -0.3 is 10.2 Å². The van der Waals surface area contributed by atoms with Gasteiger partial charge in [0.2, 0.25) is 5.91 Å². The molecule has 1 spiro atoms. The highest BCUT2D eigenvalue weighted by molar-refractivity contribution is 7.13. The number of nitrogens with one attached hydrogen (secondary N) is 1. The largest absolute Gasteiger partial charge is 0.354 e. The zero-order chi connectivity index (χ0) is 21.7. The molecular weight excluding hydrogens is 396 g/mol. The van der Waals surface area contributed by atoms with Crippen LogP contribution < -0.4 is 5.32 Å². The van der Waals surface area contributed by atoms with Crippen LogP contribution in [0.2, 0.25) is 0 Å². The zero-order valence-electron chi connectivity index (χ0n) is 19.1. The van der Waals surface area contributed by atoms with E-state index in [9.17, 15) is 9.59 Å². The number of amides is 2. The molecule has 2 aliphatic rings. The van der Waals surface area contributed by atoms with Crippen molar-refractivity contribution < 1.29 is 9.59 Å². The summed E-state index contributed by atoms with van der Waals surface area (Å²) in [6.45, 7) is 12.1. The Labute approximate surface area is 185 Å². The lowest BCUT2D eigenvalue weighted by Crippen LogP contribution is -2.54. The third-order valence-corrected chi connectivity index (χ3v) is 7.54. The summed E-state index contributed by atoms with van der Waals surface area (Å²) in [5, 5.41) is 4.03. The van der Waals surface area contributed by atoms with Gasteiger partial charge >= 0.3 is 0 Å². The zero-order valence-corrected chi connectivity index (χ0v) is 19.9. The second-order valence-electron chi connectivity index (χ2n) is 9.44. The van der Waals surface area contributed by atoms with E-state index < -0.39 is 0 Å². The Balaban J connectivity index is 1.79. The van der Waals surface area contributed by atoms with Gasteiger partial charge in [0.15, 0.2) is 0 Å². The smallest absolute Gasteiger partial charge is 0.265 e. The van der Waals surface area contributed by atoms with Crippen molar-refractivity contribution in [2.75, 3.05) is 32.7 Å². The van der Waals surface area contributed by atoms with E-state index in [1.165, 1.54) is 30.6 Å². The minimum atomic E-state index is -0.0167. The molecule has 1 N–H and O–H groups in total. The predicted octanol–water partition coefficient (Wildman–Crippen LogP) is 3.77. The van der Waals surface area contributed by atoms with Crippen molar-refractivity contribution in [3.63, 3.8) is 0 Å². The van der Waals surface area contributed by atoms with Gasteiger partial charge in [0.1, 0.15) is 4.88 Å². The molecule has 2 amide bonds. The predicted molar refractivity (Wildman–Crippen MR) is 122 cm³/mol. The fourth-order valence-electron chi connectivity index (χ4n) is 5.11. The number of thiazole rings is 1. The van der Waals surface area contributed by atoms with E-state index in [-0.39, 0.29) is 17.4 Å².